The van der Waals surface area contributed by atoms with Gasteiger partial charge in [-0.25, -0.2) is 0 Å². The molecule has 1 heterocycles. The number of hydrogen-bond acceptors (Lipinski definition) is 5. The highest BCUT2D eigenvalue weighted by molar-refractivity contribution is 6.30. The number of amides is 1. The van der Waals surface area contributed by atoms with Crippen LogP contribution in [-0.2, 0) is 4.79 Å². The second-order valence-electron chi connectivity index (χ2n) is 7.00. The lowest BCUT2D eigenvalue weighted by atomic mass is 9.97. The fourth-order valence-corrected chi connectivity index (χ4v) is 3.70. The lowest BCUT2D eigenvalue weighted by molar-refractivity contribution is -0.116. The minimum Gasteiger partial charge on any atom is -0.496 e. The number of nitrogens with one attached hydrogen (secondary N) is 1. The Morgan fingerprint density at radius 3 is 2.40 bits per heavy atom. The van der Waals surface area contributed by atoms with E-state index in [-0.39, 0.29) is 5.91 Å². The Hall–Kier alpha value is -2.70. The van der Waals surface area contributed by atoms with Crippen molar-refractivity contribution in [2.45, 2.75) is 12.8 Å². The Bertz CT molecular complexity index is 904. The second-order valence-corrected chi connectivity index (χ2v) is 7.43. The van der Waals surface area contributed by atoms with Crippen LogP contribution in [0.2, 0.25) is 5.02 Å². The van der Waals surface area contributed by atoms with Crippen LogP contribution in [0.3, 0.4) is 0 Å². The van der Waals surface area contributed by atoms with Crippen LogP contribution in [-0.4, -0.2) is 51.8 Å². The van der Waals surface area contributed by atoms with Crippen LogP contribution in [0.25, 0.3) is 5.57 Å². The summed E-state index contributed by atoms with van der Waals surface area (Å²) in [6.45, 7) is 2.31. The molecule has 0 aromatic heterocycles. The zero-order chi connectivity index (χ0) is 21.5. The summed E-state index contributed by atoms with van der Waals surface area (Å²) in [5.41, 5.74) is 2.84. The monoisotopic (exact) mass is 430 g/mol. The van der Waals surface area contributed by atoms with Gasteiger partial charge in [-0.3, -0.25) is 9.69 Å². The molecule has 6 nitrogen and oxygen atoms in total. The number of carbonyl (C=O) groups excluding carboxylic acids is 1. The summed E-state index contributed by atoms with van der Waals surface area (Å²) in [4.78, 5) is 14.5. The third kappa shape index (κ3) is 5.46. The van der Waals surface area contributed by atoms with Crippen molar-refractivity contribution < 1.29 is 19.0 Å². The molecule has 3 rings (SSSR count). The van der Waals surface area contributed by atoms with Crippen LogP contribution >= 0.6 is 11.6 Å². The van der Waals surface area contributed by atoms with Crippen molar-refractivity contribution in [3.8, 4) is 17.2 Å². The quantitative estimate of drug-likeness (QED) is 0.668. The van der Waals surface area contributed by atoms with Crippen LogP contribution < -0.4 is 19.5 Å². The number of nitrogens with zero attached hydrogens (tertiary/aromatic N) is 1. The Kier molecular flexibility index (Phi) is 7.60. The molecule has 30 heavy (non-hydrogen) atoms. The number of benzene rings is 2. The summed E-state index contributed by atoms with van der Waals surface area (Å²) in [7, 11) is 4.91. The Morgan fingerprint density at radius 2 is 1.83 bits per heavy atom. The summed E-state index contributed by atoms with van der Waals surface area (Å²) in [6, 6.07) is 10.9. The predicted octanol–water partition coefficient (Wildman–Crippen LogP) is 4.48. The molecule has 1 aliphatic rings. The molecular weight excluding hydrogens is 404 g/mol. The van der Waals surface area contributed by atoms with Gasteiger partial charge in [0, 0.05) is 48.9 Å². The molecule has 2 aromatic carbocycles. The number of rotatable bonds is 8. The molecule has 0 atom stereocenters. The molecule has 160 valence electrons. The van der Waals surface area contributed by atoms with Crippen molar-refractivity contribution in [2.75, 3.05) is 46.3 Å². The first kappa shape index (κ1) is 22.0. The van der Waals surface area contributed by atoms with Gasteiger partial charge in [-0.2, -0.15) is 0 Å². The third-order valence-corrected chi connectivity index (χ3v) is 5.33. The largest absolute Gasteiger partial charge is 0.496 e. The summed E-state index contributed by atoms with van der Waals surface area (Å²) in [5, 5.41) is 3.49. The van der Waals surface area contributed by atoms with Gasteiger partial charge in [0.05, 0.1) is 26.9 Å². The number of hydrogen-bond donors (Lipinski definition) is 1. The van der Waals surface area contributed by atoms with E-state index < -0.39 is 0 Å². The van der Waals surface area contributed by atoms with Crippen molar-refractivity contribution in [1.29, 1.82) is 0 Å². The molecule has 0 aliphatic carbocycles. The molecule has 1 aliphatic heterocycles. The topological polar surface area (TPSA) is 60.0 Å². The molecule has 0 fully saturated rings. The van der Waals surface area contributed by atoms with Gasteiger partial charge in [-0.05, 0) is 30.2 Å². The normalized spacial score (nSPS) is 14.1. The Balaban J connectivity index is 1.61. The van der Waals surface area contributed by atoms with Gasteiger partial charge in [-0.15, -0.1) is 0 Å². The van der Waals surface area contributed by atoms with Crippen LogP contribution in [0, 0.1) is 0 Å². The molecule has 7 heteroatoms. The molecule has 0 saturated carbocycles. The zero-order valence-electron chi connectivity index (χ0n) is 17.5. The maximum Gasteiger partial charge on any atom is 0.225 e. The smallest absolute Gasteiger partial charge is 0.225 e. The first-order chi connectivity index (χ1) is 14.5. The van der Waals surface area contributed by atoms with E-state index in [9.17, 15) is 4.79 Å². The second kappa shape index (κ2) is 10.4. The summed E-state index contributed by atoms with van der Waals surface area (Å²) < 4.78 is 16.5. The highest BCUT2D eigenvalue weighted by atomic mass is 35.5. The highest BCUT2D eigenvalue weighted by Crippen LogP contribution is 2.40. The van der Waals surface area contributed by atoms with Gasteiger partial charge >= 0.3 is 0 Å². The van der Waals surface area contributed by atoms with E-state index in [4.69, 9.17) is 25.8 Å². The third-order valence-electron chi connectivity index (χ3n) is 5.09. The number of halogens is 1. The van der Waals surface area contributed by atoms with E-state index in [2.05, 4.69) is 16.3 Å². The molecule has 0 bridgehead atoms. The Labute approximate surface area is 182 Å². The molecule has 0 saturated heterocycles. The maximum atomic E-state index is 12.2. The van der Waals surface area contributed by atoms with Gasteiger partial charge < -0.3 is 19.5 Å². The molecule has 0 radical (unpaired) electrons. The standard InChI is InChI=1S/C23H27ClN2O4/c1-28-19-14-20(29-2)23(21(15-19)30-3)16-7-10-26(11-8-16)12-9-22(27)25-18-6-4-5-17(24)13-18/h4-7,13-15H,8-12H2,1-3H3,(H,25,27). The number of ether oxygens (including phenoxy) is 3. The van der Waals surface area contributed by atoms with E-state index in [1.165, 1.54) is 5.57 Å². The first-order valence-corrected chi connectivity index (χ1v) is 10.2. The number of methoxy groups -OCH3 is 3. The van der Waals surface area contributed by atoms with E-state index in [1.54, 1.807) is 33.5 Å². The molecule has 1 amide bonds. The predicted molar refractivity (Wildman–Crippen MR) is 120 cm³/mol. The van der Waals surface area contributed by atoms with Crippen LogP contribution in [0.15, 0.2) is 42.5 Å². The first-order valence-electron chi connectivity index (χ1n) is 9.81. The highest BCUT2D eigenvalue weighted by Gasteiger charge is 2.21. The van der Waals surface area contributed by atoms with Crippen molar-refractivity contribution in [3.05, 3.63) is 53.1 Å². The van der Waals surface area contributed by atoms with Gasteiger partial charge in [-0.1, -0.05) is 23.7 Å². The van der Waals surface area contributed by atoms with Crippen LogP contribution in [0.1, 0.15) is 18.4 Å². The van der Waals surface area contributed by atoms with Crippen LogP contribution in [0.4, 0.5) is 5.69 Å². The average Bonchev–Trinajstić information content (AvgIpc) is 2.77. The van der Waals surface area contributed by atoms with E-state index in [0.29, 0.717) is 29.4 Å². The van der Waals surface area contributed by atoms with Crippen LogP contribution in [0.5, 0.6) is 17.2 Å². The van der Waals surface area contributed by atoms with E-state index in [1.807, 2.05) is 24.3 Å². The molecule has 0 unspecified atom stereocenters. The van der Waals surface area contributed by atoms with Gasteiger partial charge in [0.25, 0.3) is 0 Å². The maximum absolute atomic E-state index is 12.2. The van der Waals surface area contributed by atoms with Crippen molar-refractivity contribution in [2.24, 2.45) is 0 Å². The van der Waals surface area contributed by atoms with E-state index in [0.717, 1.165) is 36.6 Å². The SMILES string of the molecule is COc1cc(OC)c(C2=CCN(CCC(=O)Nc3cccc(Cl)c3)CC2)c(OC)c1. The summed E-state index contributed by atoms with van der Waals surface area (Å²) >= 11 is 5.96. The Morgan fingerprint density at radius 1 is 1.10 bits per heavy atom. The summed E-state index contributed by atoms with van der Waals surface area (Å²) in [5.74, 6) is 2.13. The molecule has 1 N–H and O–H groups in total. The number of anilines is 1. The van der Waals surface area contributed by atoms with Gasteiger partial charge in [0.2, 0.25) is 5.91 Å². The van der Waals surface area contributed by atoms with Crippen molar-refractivity contribution in [1.82, 2.24) is 4.90 Å². The lowest BCUT2D eigenvalue weighted by Gasteiger charge is -2.27. The van der Waals surface area contributed by atoms with E-state index >= 15 is 0 Å². The zero-order valence-corrected chi connectivity index (χ0v) is 18.3. The fraction of sp³-hybridized carbons (Fsp3) is 0.348. The molecular formula is C23H27ClN2O4. The molecule has 0 spiro atoms. The lowest BCUT2D eigenvalue weighted by Crippen LogP contribution is -2.31. The minimum atomic E-state index is -0.0227. The van der Waals surface area contributed by atoms with Gasteiger partial charge in [0.15, 0.2) is 0 Å². The fourth-order valence-electron chi connectivity index (χ4n) is 3.51. The minimum absolute atomic E-state index is 0.0227. The average molecular weight is 431 g/mol. The van der Waals surface area contributed by atoms with Crippen molar-refractivity contribution >= 4 is 28.8 Å². The molecule has 2 aromatic rings. The number of carbonyl (C=O) groups is 1. The van der Waals surface area contributed by atoms with Crippen molar-refractivity contribution in [3.63, 3.8) is 0 Å². The summed E-state index contributed by atoms with van der Waals surface area (Å²) in [6.07, 6.45) is 3.44. The van der Waals surface area contributed by atoms with Gasteiger partial charge in [0.1, 0.15) is 17.2 Å².